The maximum atomic E-state index is 4.32. The van der Waals surface area contributed by atoms with Gasteiger partial charge in [-0.25, -0.2) is 0 Å². The molecular formula is C13H19N3. The molecule has 2 aliphatic rings. The zero-order valence-electron chi connectivity index (χ0n) is 10.1. The predicted molar refractivity (Wildman–Crippen MR) is 64.6 cm³/mol. The number of hydrogen-bond donors (Lipinski definition) is 0. The van der Waals surface area contributed by atoms with Crippen molar-refractivity contribution in [2.75, 3.05) is 18.0 Å². The van der Waals surface area contributed by atoms with E-state index >= 15 is 0 Å². The Morgan fingerprint density at radius 3 is 2.44 bits per heavy atom. The van der Waals surface area contributed by atoms with Gasteiger partial charge in [0.05, 0.1) is 5.69 Å². The molecule has 2 fully saturated rings. The SMILES string of the molecule is Cc1cc(N2CC3CCCC3C2)nnc1C. The van der Waals surface area contributed by atoms with Gasteiger partial charge >= 0.3 is 0 Å². The minimum Gasteiger partial charge on any atom is -0.355 e. The normalized spacial score (nSPS) is 28.5. The van der Waals surface area contributed by atoms with Crippen LogP contribution in [0, 0.1) is 25.7 Å². The summed E-state index contributed by atoms with van der Waals surface area (Å²) < 4.78 is 0. The van der Waals surface area contributed by atoms with Gasteiger partial charge in [0.2, 0.25) is 0 Å². The molecule has 0 amide bonds. The third-order valence-corrected chi connectivity index (χ3v) is 4.27. The Hall–Kier alpha value is -1.12. The zero-order valence-corrected chi connectivity index (χ0v) is 10.1. The smallest absolute Gasteiger partial charge is 0.151 e. The molecule has 1 saturated carbocycles. The maximum Gasteiger partial charge on any atom is 0.151 e. The van der Waals surface area contributed by atoms with Crippen molar-refractivity contribution in [3.63, 3.8) is 0 Å². The molecule has 1 saturated heterocycles. The number of fused-ring (bicyclic) bond motifs is 1. The van der Waals surface area contributed by atoms with E-state index in [-0.39, 0.29) is 0 Å². The molecule has 0 bridgehead atoms. The van der Waals surface area contributed by atoms with Crippen LogP contribution in [0.1, 0.15) is 30.5 Å². The molecule has 3 rings (SSSR count). The first kappa shape index (κ1) is 10.1. The van der Waals surface area contributed by atoms with Crippen LogP contribution >= 0.6 is 0 Å². The van der Waals surface area contributed by atoms with Crippen LogP contribution in [0.2, 0.25) is 0 Å². The van der Waals surface area contributed by atoms with Crippen molar-refractivity contribution in [1.82, 2.24) is 10.2 Å². The van der Waals surface area contributed by atoms with Crippen LogP contribution < -0.4 is 4.90 Å². The summed E-state index contributed by atoms with van der Waals surface area (Å²) in [6.45, 7) is 6.53. The minimum atomic E-state index is 0.920. The molecule has 0 radical (unpaired) electrons. The van der Waals surface area contributed by atoms with Gasteiger partial charge in [-0.05, 0) is 50.2 Å². The summed E-state index contributed by atoms with van der Waals surface area (Å²) >= 11 is 0. The number of anilines is 1. The second-order valence-corrected chi connectivity index (χ2v) is 5.33. The standard InChI is InChI=1S/C13H19N3/c1-9-6-13(15-14-10(9)2)16-7-11-4-3-5-12(11)8-16/h6,11-12H,3-5,7-8H2,1-2H3. The Balaban J connectivity index is 1.81. The molecule has 1 aromatic heterocycles. The van der Waals surface area contributed by atoms with Crippen molar-refractivity contribution in [2.45, 2.75) is 33.1 Å². The van der Waals surface area contributed by atoms with Crippen molar-refractivity contribution in [1.29, 1.82) is 0 Å². The third kappa shape index (κ3) is 1.58. The van der Waals surface area contributed by atoms with E-state index in [2.05, 4.69) is 28.1 Å². The van der Waals surface area contributed by atoms with Crippen molar-refractivity contribution < 1.29 is 0 Å². The lowest BCUT2D eigenvalue weighted by Crippen LogP contribution is -2.22. The molecule has 2 atom stereocenters. The number of nitrogens with zero attached hydrogens (tertiary/aromatic N) is 3. The number of rotatable bonds is 1. The molecule has 16 heavy (non-hydrogen) atoms. The Labute approximate surface area is 96.9 Å². The van der Waals surface area contributed by atoms with Gasteiger partial charge < -0.3 is 4.90 Å². The minimum absolute atomic E-state index is 0.920. The highest BCUT2D eigenvalue weighted by atomic mass is 15.3. The van der Waals surface area contributed by atoms with E-state index in [4.69, 9.17) is 0 Å². The molecule has 1 aliphatic carbocycles. The summed E-state index contributed by atoms with van der Waals surface area (Å²) in [5, 5.41) is 8.55. The van der Waals surface area contributed by atoms with Crippen LogP contribution in [0.15, 0.2) is 6.07 Å². The Morgan fingerprint density at radius 2 is 1.81 bits per heavy atom. The van der Waals surface area contributed by atoms with Crippen molar-refractivity contribution in [3.8, 4) is 0 Å². The first-order valence-corrected chi connectivity index (χ1v) is 6.30. The number of hydrogen-bond acceptors (Lipinski definition) is 3. The van der Waals surface area contributed by atoms with Crippen LogP contribution in [0.25, 0.3) is 0 Å². The Morgan fingerprint density at radius 1 is 1.12 bits per heavy atom. The van der Waals surface area contributed by atoms with Gasteiger partial charge in [-0.2, -0.15) is 5.10 Å². The van der Waals surface area contributed by atoms with Crippen LogP contribution in [-0.4, -0.2) is 23.3 Å². The van der Waals surface area contributed by atoms with Crippen LogP contribution in [-0.2, 0) is 0 Å². The van der Waals surface area contributed by atoms with E-state index < -0.39 is 0 Å². The van der Waals surface area contributed by atoms with Gasteiger partial charge in [0.1, 0.15) is 0 Å². The molecule has 1 aromatic rings. The molecular weight excluding hydrogens is 198 g/mol. The van der Waals surface area contributed by atoms with Gasteiger partial charge in [0.25, 0.3) is 0 Å². The summed E-state index contributed by atoms with van der Waals surface area (Å²) in [5.74, 6) is 2.92. The summed E-state index contributed by atoms with van der Waals surface area (Å²) in [6, 6.07) is 2.18. The third-order valence-electron chi connectivity index (χ3n) is 4.27. The Kier molecular flexibility index (Phi) is 2.34. The average Bonchev–Trinajstić information content (AvgIpc) is 2.81. The van der Waals surface area contributed by atoms with Crippen molar-refractivity contribution in [2.24, 2.45) is 11.8 Å². The summed E-state index contributed by atoms with van der Waals surface area (Å²) in [7, 11) is 0. The molecule has 2 heterocycles. The van der Waals surface area contributed by atoms with E-state index in [0.717, 1.165) is 23.3 Å². The lowest BCUT2D eigenvalue weighted by Gasteiger charge is -2.18. The van der Waals surface area contributed by atoms with Gasteiger partial charge in [-0.1, -0.05) is 6.42 Å². The largest absolute Gasteiger partial charge is 0.355 e. The summed E-state index contributed by atoms with van der Waals surface area (Å²) in [6.07, 6.45) is 4.26. The van der Waals surface area contributed by atoms with Gasteiger partial charge in [0, 0.05) is 13.1 Å². The first-order valence-electron chi connectivity index (χ1n) is 6.30. The fraction of sp³-hybridized carbons (Fsp3) is 0.692. The average molecular weight is 217 g/mol. The monoisotopic (exact) mass is 217 g/mol. The van der Waals surface area contributed by atoms with E-state index in [0.29, 0.717) is 0 Å². The molecule has 0 aromatic carbocycles. The van der Waals surface area contributed by atoms with E-state index in [1.807, 2.05) is 6.92 Å². The summed E-state index contributed by atoms with van der Waals surface area (Å²) in [4.78, 5) is 2.42. The van der Waals surface area contributed by atoms with Gasteiger partial charge in [-0.3, -0.25) is 0 Å². The zero-order chi connectivity index (χ0) is 11.1. The molecule has 3 nitrogen and oxygen atoms in total. The molecule has 2 unspecified atom stereocenters. The lowest BCUT2D eigenvalue weighted by molar-refractivity contribution is 0.494. The van der Waals surface area contributed by atoms with Crippen LogP contribution in [0.4, 0.5) is 5.82 Å². The quantitative estimate of drug-likeness (QED) is 0.723. The van der Waals surface area contributed by atoms with Crippen LogP contribution in [0.3, 0.4) is 0 Å². The van der Waals surface area contributed by atoms with Crippen LogP contribution in [0.5, 0.6) is 0 Å². The fourth-order valence-corrected chi connectivity index (χ4v) is 3.11. The predicted octanol–water partition coefficient (Wildman–Crippen LogP) is 2.33. The topological polar surface area (TPSA) is 29.0 Å². The van der Waals surface area contributed by atoms with Crippen molar-refractivity contribution >= 4 is 5.82 Å². The molecule has 0 spiro atoms. The van der Waals surface area contributed by atoms with Gasteiger partial charge in [-0.15, -0.1) is 5.10 Å². The second-order valence-electron chi connectivity index (χ2n) is 5.33. The highest BCUT2D eigenvalue weighted by Crippen LogP contribution is 2.39. The van der Waals surface area contributed by atoms with E-state index in [1.165, 1.54) is 37.9 Å². The molecule has 1 aliphatic heterocycles. The molecule has 3 heteroatoms. The summed E-state index contributed by atoms with van der Waals surface area (Å²) in [5.41, 5.74) is 2.30. The highest BCUT2D eigenvalue weighted by molar-refractivity contribution is 5.42. The van der Waals surface area contributed by atoms with E-state index in [1.54, 1.807) is 0 Å². The number of aromatic nitrogens is 2. The lowest BCUT2D eigenvalue weighted by atomic mass is 10.0. The molecule has 86 valence electrons. The van der Waals surface area contributed by atoms with Crippen molar-refractivity contribution in [3.05, 3.63) is 17.3 Å². The molecule has 0 N–H and O–H groups in total. The fourth-order valence-electron chi connectivity index (χ4n) is 3.11. The Bertz CT molecular complexity index is 390. The number of aryl methyl sites for hydroxylation is 2. The van der Waals surface area contributed by atoms with E-state index in [9.17, 15) is 0 Å². The highest BCUT2D eigenvalue weighted by Gasteiger charge is 2.36. The van der Waals surface area contributed by atoms with Gasteiger partial charge in [0.15, 0.2) is 5.82 Å². The maximum absolute atomic E-state index is 4.32. The first-order chi connectivity index (χ1) is 7.74. The second kappa shape index (κ2) is 3.72.